The molecule has 11 heteroatoms. The average molecular weight is 512 g/mol. The van der Waals surface area contributed by atoms with Crippen molar-refractivity contribution in [2.24, 2.45) is 11.1 Å². The predicted octanol–water partition coefficient (Wildman–Crippen LogP) is 3.75. The largest absolute Gasteiger partial charge is 0.497 e. The first-order chi connectivity index (χ1) is 16.7. The van der Waals surface area contributed by atoms with E-state index in [9.17, 15) is 14.9 Å². The third-order valence-corrected chi connectivity index (χ3v) is 7.95. The van der Waals surface area contributed by atoms with Gasteiger partial charge in [0.05, 0.1) is 37.5 Å². The highest BCUT2D eigenvalue weighted by atomic mass is 32.2. The van der Waals surface area contributed by atoms with Gasteiger partial charge in [0.1, 0.15) is 11.6 Å². The molecule has 1 aromatic carbocycles. The predicted molar refractivity (Wildman–Crippen MR) is 133 cm³/mol. The van der Waals surface area contributed by atoms with E-state index in [4.69, 9.17) is 10.5 Å². The number of allylic oxidation sites excluding steroid dienone is 3. The van der Waals surface area contributed by atoms with Crippen LogP contribution in [-0.4, -0.2) is 41.9 Å². The van der Waals surface area contributed by atoms with Crippen molar-refractivity contribution in [3.05, 3.63) is 52.5 Å². The molecular weight excluding hydrogens is 486 g/mol. The highest BCUT2D eigenvalue weighted by molar-refractivity contribution is 8.01. The van der Waals surface area contributed by atoms with Gasteiger partial charge in [0.15, 0.2) is 10.1 Å². The zero-order valence-electron chi connectivity index (χ0n) is 19.8. The third-order valence-electron chi connectivity index (χ3n) is 5.94. The van der Waals surface area contributed by atoms with Crippen LogP contribution in [0.2, 0.25) is 0 Å². The van der Waals surface area contributed by atoms with Gasteiger partial charge in [-0.05, 0) is 29.5 Å². The van der Waals surface area contributed by atoms with Crippen LogP contribution in [0.4, 0.5) is 5.13 Å². The van der Waals surface area contributed by atoms with Gasteiger partial charge in [-0.15, -0.1) is 10.2 Å². The molecule has 1 aromatic heterocycles. The lowest BCUT2D eigenvalue weighted by Crippen LogP contribution is -2.42. The number of thioether (sulfide) groups is 1. The van der Waals surface area contributed by atoms with E-state index in [0.717, 1.165) is 11.3 Å². The number of esters is 1. The minimum Gasteiger partial charge on any atom is -0.497 e. The molecule has 35 heavy (non-hydrogen) atoms. The molecule has 0 fully saturated rings. The number of anilines is 1. The Morgan fingerprint density at radius 3 is 2.80 bits per heavy atom. The molecule has 0 radical (unpaired) electrons. The third kappa shape index (κ3) is 4.76. The van der Waals surface area contributed by atoms with Gasteiger partial charge >= 0.3 is 5.97 Å². The molecule has 1 aliphatic heterocycles. The van der Waals surface area contributed by atoms with Crippen LogP contribution in [0.25, 0.3) is 0 Å². The van der Waals surface area contributed by atoms with E-state index in [-0.39, 0.29) is 34.3 Å². The van der Waals surface area contributed by atoms with Gasteiger partial charge < -0.3 is 15.2 Å². The molecular formula is C24H25N5O4S2. The number of benzene rings is 1. The maximum Gasteiger partial charge on any atom is 0.316 e. The van der Waals surface area contributed by atoms with E-state index in [1.807, 2.05) is 38.1 Å². The lowest BCUT2D eigenvalue weighted by Gasteiger charge is -2.42. The normalized spacial score (nSPS) is 19.3. The fraction of sp³-hybridized carbons (Fsp3) is 0.375. The zero-order valence-corrected chi connectivity index (χ0v) is 21.5. The molecule has 9 nitrogen and oxygen atoms in total. The number of ketones is 1. The fourth-order valence-electron chi connectivity index (χ4n) is 4.41. The molecule has 2 aromatic rings. The van der Waals surface area contributed by atoms with Gasteiger partial charge in [-0.1, -0.05) is 49.1 Å². The molecule has 2 aliphatic rings. The maximum absolute atomic E-state index is 13.6. The SMILES string of the molecule is COC(=O)CSc1nnc(N2C(N)=C(C#N)C(c3cccc(OC)c3)C3=C2CC(C)(C)CC3=O)s1. The Morgan fingerprint density at radius 1 is 1.34 bits per heavy atom. The van der Waals surface area contributed by atoms with Crippen LogP contribution in [0.3, 0.4) is 0 Å². The van der Waals surface area contributed by atoms with Crippen molar-refractivity contribution in [1.82, 2.24) is 10.2 Å². The standard InChI is InChI=1S/C24H25N5O4S2/c1-24(2)9-16-20(17(30)10-24)19(13-6-5-7-14(8-13)32-3)15(11-25)21(26)29(16)22-27-28-23(35-22)34-12-18(31)33-4/h5-8,19H,9-10,12,26H2,1-4H3. The summed E-state index contributed by atoms with van der Waals surface area (Å²) in [5.74, 6) is -0.0722. The quantitative estimate of drug-likeness (QED) is 0.452. The smallest absolute Gasteiger partial charge is 0.316 e. The van der Waals surface area contributed by atoms with Crippen molar-refractivity contribution in [3.8, 4) is 11.8 Å². The van der Waals surface area contributed by atoms with Crippen LogP contribution in [-0.2, 0) is 14.3 Å². The van der Waals surface area contributed by atoms with E-state index < -0.39 is 5.92 Å². The highest BCUT2D eigenvalue weighted by Crippen LogP contribution is 2.51. The van der Waals surface area contributed by atoms with Crippen LogP contribution < -0.4 is 15.4 Å². The summed E-state index contributed by atoms with van der Waals surface area (Å²) in [6.07, 6.45) is 0.924. The summed E-state index contributed by atoms with van der Waals surface area (Å²) in [6, 6.07) is 9.59. The first kappa shape index (κ1) is 24.8. The van der Waals surface area contributed by atoms with Crippen LogP contribution in [0, 0.1) is 16.7 Å². The fourth-order valence-corrected chi connectivity index (χ4v) is 6.13. The Labute approximate surface area is 211 Å². The van der Waals surface area contributed by atoms with Crippen LogP contribution in [0.5, 0.6) is 5.75 Å². The second kappa shape index (κ2) is 9.71. The number of nitrogens with two attached hydrogens (primary N) is 1. The van der Waals surface area contributed by atoms with Crippen LogP contribution >= 0.6 is 23.1 Å². The molecule has 0 amide bonds. The van der Waals surface area contributed by atoms with Crippen molar-refractivity contribution < 1.29 is 19.1 Å². The molecule has 1 aliphatic carbocycles. The Balaban J connectivity index is 1.85. The van der Waals surface area contributed by atoms with Gasteiger partial charge in [-0.2, -0.15) is 5.26 Å². The van der Waals surface area contributed by atoms with Gasteiger partial charge in [-0.3, -0.25) is 14.5 Å². The second-order valence-electron chi connectivity index (χ2n) is 8.97. The molecule has 0 saturated heterocycles. The van der Waals surface area contributed by atoms with Crippen LogP contribution in [0.15, 0.2) is 51.3 Å². The van der Waals surface area contributed by atoms with E-state index in [1.165, 1.54) is 30.2 Å². The monoisotopic (exact) mass is 511 g/mol. The summed E-state index contributed by atoms with van der Waals surface area (Å²) < 4.78 is 10.6. The van der Waals surface area contributed by atoms with E-state index in [0.29, 0.717) is 33.6 Å². The minimum atomic E-state index is -0.606. The number of hydrogen-bond acceptors (Lipinski definition) is 11. The Bertz CT molecular complexity index is 1290. The lowest BCUT2D eigenvalue weighted by molar-refractivity contribution is -0.137. The highest BCUT2D eigenvalue weighted by Gasteiger charge is 2.45. The molecule has 0 bridgehead atoms. The Hall–Kier alpha value is -3.36. The molecule has 4 rings (SSSR count). The molecule has 2 N–H and O–H groups in total. The number of nitrogens with zero attached hydrogens (tertiary/aromatic N) is 4. The van der Waals surface area contributed by atoms with Gasteiger partial charge in [0.2, 0.25) is 5.13 Å². The summed E-state index contributed by atoms with van der Waals surface area (Å²) in [6.45, 7) is 4.07. The summed E-state index contributed by atoms with van der Waals surface area (Å²) >= 11 is 2.44. The lowest BCUT2D eigenvalue weighted by atomic mass is 9.68. The van der Waals surface area contributed by atoms with E-state index >= 15 is 0 Å². The summed E-state index contributed by atoms with van der Waals surface area (Å²) in [7, 11) is 2.90. The summed E-state index contributed by atoms with van der Waals surface area (Å²) in [4.78, 5) is 26.8. The number of ether oxygens (including phenoxy) is 2. The zero-order chi connectivity index (χ0) is 25.3. The second-order valence-corrected chi connectivity index (χ2v) is 11.2. The van der Waals surface area contributed by atoms with Crippen molar-refractivity contribution in [3.63, 3.8) is 0 Å². The molecule has 0 saturated carbocycles. The van der Waals surface area contributed by atoms with E-state index in [1.54, 1.807) is 12.0 Å². The van der Waals surface area contributed by atoms with Crippen molar-refractivity contribution >= 4 is 40.0 Å². The molecule has 1 unspecified atom stereocenters. The Morgan fingerprint density at radius 2 is 2.11 bits per heavy atom. The maximum atomic E-state index is 13.6. The average Bonchev–Trinajstić information content (AvgIpc) is 3.29. The number of nitriles is 1. The number of hydrogen-bond donors (Lipinski definition) is 1. The van der Waals surface area contributed by atoms with Crippen molar-refractivity contribution in [2.45, 2.75) is 36.9 Å². The molecule has 2 heterocycles. The molecule has 1 atom stereocenters. The van der Waals surface area contributed by atoms with Gasteiger partial charge in [0.25, 0.3) is 0 Å². The van der Waals surface area contributed by atoms with Gasteiger partial charge in [0, 0.05) is 17.7 Å². The number of Topliss-reactive ketones (excluding diaryl/α,β-unsaturated/α-hetero) is 1. The number of carbonyl (C=O) groups excluding carboxylic acids is 2. The van der Waals surface area contributed by atoms with Crippen LogP contribution in [0.1, 0.15) is 38.2 Å². The van der Waals surface area contributed by atoms with Gasteiger partial charge in [-0.25, -0.2) is 0 Å². The minimum absolute atomic E-state index is 0.0286. The number of methoxy groups -OCH3 is 2. The summed E-state index contributed by atoms with van der Waals surface area (Å²) in [5.41, 5.74) is 8.61. The molecule has 182 valence electrons. The topological polar surface area (TPSA) is 131 Å². The number of carbonyl (C=O) groups is 2. The molecule has 0 spiro atoms. The van der Waals surface area contributed by atoms with Crippen molar-refractivity contribution in [2.75, 3.05) is 24.9 Å². The first-order valence-electron chi connectivity index (χ1n) is 10.8. The first-order valence-corrected chi connectivity index (χ1v) is 12.6. The van der Waals surface area contributed by atoms with E-state index in [2.05, 4.69) is 21.0 Å². The number of rotatable bonds is 6. The summed E-state index contributed by atoms with van der Waals surface area (Å²) in [5, 5.41) is 19.1. The van der Waals surface area contributed by atoms with Crippen molar-refractivity contribution in [1.29, 1.82) is 5.26 Å². The Kier molecular flexibility index (Phi) is 6.87. The number of aromatic nitrogens is 2.